The largest absolute Gasteiger partial charge is 0.382 e. The van der Waals surface area contributed by atoms with Crippen LogP contribution in [0.5, 0.6) is 0 Å². The van der Waals surface area contributed by atoms with Gasteiger partial charge in [0.05, 0.1) is 12.1 Å². The van der Waals surface area contributed by atoms with Gasteiger partial charge in [0.1, 0.15) is 29.7 Å². The van der Waals surface area contributed by atoms with Gasteiger partial charge in [0, 0.05) is 12.6 Å². The van der Waals surface area contributed by atoms with Gasteiger partial charge in [-0.2, -0.15) is 5.10 Å². The first kappa shape index (κ1) is 21.3. The summed E-state index contributed by atoms with van der Waals surface area (Å²) in [6.45, 7) is -1.08. The minimum absolute atomic E-state index is 0.0355. The normalized spacial score (nSPS) is 12.2. The molecule has 4 rings (SSSR count). The highest BCUT2D eigenvalue weighted by Crippen LogP contribution is 2.29. The van der Waals surface area contributed by atoms with Gasteiger partial charge in [0.15, 0.2) is 17.5 Å². The van der Waals surface area contributed by atoms with Crippen molar-refractivity contribution in [3.8, 4) is 11.5 Å². The second-order valence-corrected chi connectivity index (χ2v) is 6.71. The highest BCUT2D eigenvalue weighted by atomic mass is 19.1. The van der Waals surface area contributed by atoms with Gasteiger partial charge in [0.25, 0.3) is 0 Å². The molecular weight excluding hydrogens is 422 g/mol. The average molecular weight is 442 g/mol. The molecule has 3 aromatic heterocycles. The Labute approximate surface area is 180 Å². The van der Waals surface area contributed by atoms with Crippen molar-refractivity contribution in [3.05, 3.63) is 59.8 Å². The average Bonchev–Trinajstić information content (AvgIpc) is 3.15. The van der Waals surface area contributed by atoms with E-state index in [0.29, 0.717) is 22.6 Å². The van der Waals surface area contributed by atoms with Crippen LogP contribution in [0.25, 0.3) is 17.0 Å². The molecule has 0 aliphatic rings. The van der Waals surface area contributed by atoms with E-state index in [1.54, 1.807) is 41.0 Å². The van der Waals surface area contributed by atoms with Crippen molar-refractivity contribution in [2.75, 3.05) is 30.1 Å². The zero-order valence-electron chi connectivity index (χ0n) is 16.7. The Kier molecular flexibility index (Phi) is 6.05. The van der Waals surface area contributed by atoms with E-state index >= 15 is 0 Å². The van der Waals surface area contributed by atoms with E-state index in [0.717, 1.165) is 0 Å². The predicted molar refractivity (Wildman–Crippen MR) is 114 cm³/mol. The van der Waals surface area contributed by atoms with Crippen molar-refractivity contribution in [2.45, 2.75) is 12.8 Å². The lowest BCUT2D eigenvalue weighted by Gasteiger charge is -2.16. The number of halogens is 2. The lowest BCUT2D eigenvalue weighted by molar-refractivity contribution is -0.0811. The number of rotatable bonds is 8. The smallest absolute Gasteiger partial charge is 0.235 e. The number of aliphatic hydroxyl groups excluding tert-OH is 1. The second kappa shape index (κ2) is 9.08. The Balaban J connectivity index is 1.72. The van der Waals surface area contributed by atoms with Crippen LogP contribution < -0.4 is 16.8 Å². The number of aliphatic hydroxyl groups is 1. The SMILES string of the molecule is Nc1nc(-c2nc(Cc3ccccc3F)n3ncccc23)nc(N)c1NC(O)OCCF. The fourth-order valence-electron chi connectivity index (χ4n) is 3.15. The van der Waals surface area contributed by atoms with Crippen molar-refractivity contribution in [1.29, 1.82) is 0 Å². The van der Waals surface area contributed by atoms with Crippen LogP contribution in [-0.4, -0.2) is 49.4 Å². The first-order valence-electron chi connectivity index (χ1n) is 9.59. The zero-order chi connectivity index (χ0) is 22.7. The number of imidazole rings is 1. The quantitative estimate of drug-likeness (QED) is 0.299. The molecule has 0 saturated heterocycles. The molecule has 0 radical (unpaired) electrons. The highest BCUT2D eigenvalue weighted by Gasteiger charge is 2.20. The topological polar surface area (TPSA) is 149 Å². The molecule has 166 valence electrons. The number of fused-ring (bicyclic) bond motifs is 1. The van der Waals surface area contributed by atoms with Crippen LogP contribution in [0.4, 0.5) is 26.1 Å². The van der Waals surface area contributed by atoms with Gasteiger partial charge in [-0.15, -0.1) is 0 Å². The third kappa shape index (κ3) is 4.26. The molecule has 10 nitrogen and oxygen atoms in total. The molecule has 32 heavy (non-hydrogen) atoms. The summed E-state index contributed by atoms with van der Waals surface area (Å²) in [4.78, 5) is 13.0. The van der Waals surface area contributed by atoms with Gasteiger partial charge in [-0.1, -0.05) is 18.2 Å². The molecule has 0 spiro atoms. The van der Waals surface area contributed by atoms with Crippen molar-refractivity contribution >= 4 is 22.8 Å². The first-order chi connectivity index (χ1) is 15.5. The van der Waals surface area contributed by atoms with E-state index in [4.69, 9.17) is 16.2 Å². The van der Waals surface area contributed by atoms with Crippen molar-refractivity contribution < 1.29 is 18.6 Å². The molecule has 0 amide bonds. The van der Waals surface area contributed by atoms with Gasteiger partial charge in [-0.3, -0.25) is 0 Å². The van der Waals surface area contributed by atoms with Crippen molar-refractivity contribution in [1.82, 2.24) is 24.6 Å². The van der Waals surface area contributed by atoms with Crippen molar-refractivity contribution in [2.24, 2.45) is 0 Å². The van der Waals surface area contributed by atoms with Crippen molar-refractivity contribution in [3.63, 3.8) is 0 Å². The summed E-state index contributed by atoms with van der Waals surface area (Å²) >= 11 is 0. The number of benzene rings is 1. The molecule has 0 saturated carbocycles. The van der Waals surface area contributed by atoms with Crippen LogP contribution in [0.1, 0.15) is 11.4 Å². The molecule has 4 aromatic rings. The number of anilines is 3. The molecule has 1 unspecified atom stereocenters. The maximum atomic E-state index is 14.2. The van der Waals surface area contributed by atoms with Crippen LogP contribution in [0.3, 0.4) is 0 Å². The van der Waals surface area contributed by atoms with Gasteiger partial charge in [-0.25, -0.2) is 28.2 Å². The van der Waals surface area contributed by atoms with Gasteiger partial charge in [0.2, 0.25) is 6.41 Å². The monoisotopic (exact) mass is 442 g/mol. The maximum Gasteiger partial charge on any atom is 0.235 e. The maximum absolute atomic E-state index is 14.2. The summed E-state index contributed by atoms with van der Waals surface area (Å²) in [7, 11) is 0. The molecule has 12 heteroatoms. The number of nitrogens with zero attached hydrogens (tertiary/aromatic N) is 5. The Hall–Kier alpha value is -3.90. The van der Waals surface area contributed by atoms with Gasteiger partial charge >= 0.3 is 0 Å². The minimum Gasteiger partial charge on any atom is -0.382 e. The summed E-state index contributed by atoms with van der Waals surface area (Å²) in [6.07, 6.45) is 0.224. The van der Waals surface area contributed by atoms with Crippen LogP contribution >= 0.6 is 0 Å². The number of nitrogens with two attached hydrogens (primary N) is 2. The fourth-order valence-corrected chi connectivity index (χ4v) is 3.15. The Morgan fingerprint density at radius 3 is 2.56 bits per heavy atom. The third-order valence-electron chi connectivity index (χ3n) is 4.58. The Morgan fingerprint density at radius 2 is 1.84 bits per heavy atom. The molecule has 0 aliphatic carbocycles. The number of nitrogen functional groups attached to an aromatic ring is 2. The third-order valence-corrected chi connectivity index (χ3v) is 4.58. The van der Waals surface area contributed by atoms with E-state index in [2.05, 4.69) is 25.4 Å². The van der Waals surface area contributed by atoms with E-state index in [-0.39, 0.29) is 42.0 Å². The Bertz CT molecular complexity index is 1230. The minimum atomic E-state index is -1.55. The molecule has 0 bridgehead atoms. The summed E-state index contributed by atoms with van der Waals surface area (Å²) in [5, 5.41) is 16.5. The standard InChI is InChI=1S/C20H20F2N8O2/c21-7-9-32-20(31)27-16-17(23)28-19(29-18(16)24)15-13-6-3-8-25-30(13)14(26-15)10-11-4-1-2-5-12(11)22/h1-6,8,20,27,31H,7,9-10H2,(H4,23,24,28,29). The molecular formula is C20H20F2N8O2. The molecule has 1 aromatic carbocycles. The second-order valence-electron chi connectivity index (χ2n) is 6.71. The number of nitrogens with one attached hydrogen (secondary N) is 1. The summed E-state index contributed by atoms with van der Waals surface area (Å²) in [5.74, 6) is 0.0938. The lowest BCUT2D eigenvalue weighted by Crippen LogP contribution is -2.25. The molecule has 0 fully saturated rings. The number of hydrogen-bond acceptors (Lipinski definition) is 9. The van der Waals surface area contributed by atoms with E-state index in [1.165, 1.54) is 6.07 Å². The van der Waals surface area contributed by atoms with E-state index in [9.17, 15) is 13.9 Å². The first-order valence-corrected chi connectivity index (χ1v) is 9.59. The molecule has 6 N–H and O–H groups in total. The number of ether oxygens (including phenoxy) is 1. The number of aromatic nitrogens is 5. The zero-order valence-corrected chi connectivity index (χ0v) is 16.7. The van der Waals surface area contributed by atoms with Gasteiger partial charge in [-0.05, 0) is 23.8 Å². The summed E-state index contributed by atoms with van der Waals surface area (Å²) in [6, 6.07) is 9.88. The fraction of sp³-hybridized carbons (Fsp3) is 0.200. The lowest BCUT2D eigenvalue weighted by atomic mass is 10.1. The molecule has 3 heterocycles. The van der Waals surface area contributed by atoms with Crippen LogP contribution in [-0.2, 0) is 11.2 Å². The van der Waals surface area contributed by atoms with Crippen LogP contribution in [0.2, 0.25) is 0 Å². The summed E-state index contributed by atoms with van der Waals surface area (Å²) < 4.78 is 32.7. The Morgan fingerprint density at radius 1 is 1.09 bits per heavy atom. The van der Waals surface area contributed by atoms with Crippen LogP contribution in [0.15, 0.2) is 42.6 Å². The number of alkyl halides is 1. The summed E-state index contributed by atoms with van der Waals surface area (Å²) in [5.41, 5.74) is 13.4. The number of hydrogen-bond donors (Lipinski definition) is 4. The van der Waals surface area contributed by atoms with Gasteiger partial charge < -0.3 is 26.6 Å². The van der Waals surface area contributed by atoms with E-state index in [1.807, 2.05) is 0 Å². The molecule has 0 aliphatic heterocycles. The van der Waals surface area contributed by atoms with Crippen LogP contribution in [0, 0.1) is 5.82 Å². The highest BCUT2D eigenvalue weighted by molar-refractivity contribution is 5.80. The van der Waals surface area contributed by atoms with E-state index < -0.39 is 13.1 Å². The predicted octanol–water partition coefficient (Wildman–Crippen LogP) is 1.75. The molecule has 1 atom stereocenters.